The van der Waals surface area contributed by atoms with Gasteiger partial charge in [-0.1, -0.05) is 63.2 Å². The number of anilines is 1. The highest BCUT2D eigenvalue weighted by molar-refractivity contribution is 14.1. The first kappa shape index (κ1) is 28.9. The lowest BCUT2D eigenvalue weighted by Crippen LogP contribution is -2.33. The molecule has 0 bridgehead atoms. The van der Waals surface area contributed by atoms with Crippen molar-refractivity contribution in [3.05, 3.63) is 81.2 Å². The standard InChI is InChI=1S/C28H34IN5O2S/c1-7-14-34-26(25(18(4)5)31-27(36)20-10-8-19(6)9-11-20)32-33-28(34)37-16-24(35)30-23-13-12-21(29)15-22(23)17(2)3/h7-13,15,17-18,25H,1,14,16H2,2-6H3,(H,30,35)(H,31,36)/t25-/m0/s1. The van der Waals surface area contributed by atoms with Gasteiger partial charge in [0.05, 0.1) is 11.8 Å². The van der Waals surface area contributed by atoms with Gasteiger partial charge in [0.15, 0.2) is 11.0 Å². The fourth-order valence-electron chi connectivity index (χ4n) is 3.84. The Hall–Kier alpha value is -2.66. The molecule has 0 fully saturated rings. The quantitative estimate of drug-likeness (QED) is 0.146. The van der Waals surface area contributed by atoms with Gasteiger partial charge in [-0.15, -0.1) is 16.8 Å². The molecule has 0 unspecified atom stereocenters. The van der Waals surface area contributed by atoms with Gasteiger partial charge in [0.2, 0.25) is 5.91 Å². The molecule has 2 aromatic carbocycles. The Kier molecular flexibility index (Phi) is 10.3. The van der Waals surface area contributed by atoms with Crippen LogP contribution in [0.5, 0.6) is 0 Å². The molecule has 37 heavy (non-hydrogen) atoms. The van der Waals surface area contributed by atoms with Gasteiger partial charge in [0.25, 0.3) is 5.91 Å². The van der Waals surface area contributed by atoms with Gasteiger partial charge in [-0.05, 0) is 77.2 Å². The normalized spacial score (nSPS) is 12.0. The van der Waals surface area contributed by atoms with Crippen molar-refractivity contribution in [1.82, 2.24) is 20.1 Å². The second-order valence-electron chi connectivity index (χ2n) is 9.52. The van der Waals surface area contributed by atoms with Crippen LogP contribution < -0.4 is 10.6 Å². The average molecular weight is 632 g/mol. The van der Waals surface area contributed by atoms with Crippen molar-refractivity contribution in [2.75, 3.05) is 11.1 Å². The summed E-state index contributed by atoms with van der Waals surface area (Å²) in [5.41, 5.74) is 3.61. The Balaban J connectivity index is 1.76. The summed E-state index contributed by atoms with van der Waals surface area (Å²) in [6, 6.07) is 13.1. The molecule has 0 spiro atoms. The van der Waals surface area contributed by atoms with E-state index in [2.05, 4.69) is 69.9 Å². The Labute approximate surface area is 237 Å². The molecule has 7 nitrogen and oxygen atoms in total. The maximum Gasteiger partial charge on any atom is 0.251 e. The summed E-state index contributed by atoms with van der Waals surface area (Å²) in [6.07, 6.45) is 1.76. The minimum atomic E-state index is -0.357. The molecule has 9 heteroatoms. The molecule has 2 N–H and O–H groups in total. The molecule has 0 aliphatic heterocycles. The minimum absolute atomic E-state index is 0.0682. The molecule has 2 amide bonds. The van der Waals surface area contributed by atoms with Crippen molar-refractivity contribution in [2.45, 2.75) is 58.3 Å². The molecule has 0 radical (unpaired) electrons. The average Bonchev–Trinajstić information content (AvgIpc) is 3.24. The summed E-state index contributed by atoms with van der Waals surface area (Å²) >= 11 is 3.59. The molecule has 3 aromatic rings. The van der Waals surface area contributed by atoms with Gasteiger partial charge in [-0.2, -0.15) is 0 Å². The summed E-state index contributed by atoms with van der Waals surface area (Å²) in [7, 11) is 0. The molecule has 0 aliphatic carbocycles. The number of benzene rings is 2. The second-order valence-corrected chi connectivity index (χ2v) is 11.7. The number of aryl methyl sites for hydroxylation is 1. The Bertz CT molecular complexity index is 1250. The van der Waals surface area contributed by atoms with Crippen molar-refractivity contribution in [3.8, 4) is 0 Å². The van der Waals surface area contributed by atoms with E-state index in [0.717, 1.165) is 20.4 Å². The predicted molar refractivity (Wildman–Crippen MR) is 159 cm³/mol. The van der Waals surface area contributed by atoms with Crippen LogP contribution in [0.3, 0.4) is 0 Å². The number of thioether (sulfide) groups is 1. The number of amides is 2. The van der Waals surface area contributed by atoms with Crippen LogP contribution in [0, 0.1) is 16.4 Å². The Morgan fingerprint density at radius 3 is 2.43 bits per heavy atom. The Morgan fingerprint density at radius 2 is 1.81 bits per heavy atom. The van der Waals surface area contributed by atoms with Gasteiger partial charge in [-0.3, -0.25) is 9.59 Å². The maximum absolute atomic E-state index is 13.0. The molecular formula is C28H34IN5O2S. The van der Waals surface area contributed by atoms with E-state index in [1.807, 2.05) is 61.7 Å². The topological polar surface area (TPSA) is 88.9 Å². The third-order valence-electron chi connectivity index (χ3n) is 5.84. The van der Waals surface area contributed by atoms with Crippen LogP contribution in [0.1, 0.15) is 67.0 Å². The first-order valence-electron chi connectivity index (χ1n) is 12.2. The van der Waals surface area contributed by atoms with Crippen molar-refractivity contribution in [1.29, 1.82) is 0 Å². The SMILES string of the molecule is C=CCn1c(SCC(=O)Nc2ccc(I)cc2C(C)C)nnc1[C@@H](NC(=O)c1ccc(C)cc1)C(C)C. The highest BCUT2D eigenvalue weighted by Gasteiger charge is 2.26. The largest absolute Gasteiger partial charge is 0.342 e. The number of allylic oxidation sites excluding steroid dienone is 1. The van der Waals surface area contributed by atoms with Crippen molar-refractivity contribution in [2.24, 2.45) is 5.92 Å². The number of hydrogen-bond acceptors (Lipinski definition) is 5. The fraction of sp³-hybridized carbons (Fsp3) is 0.357. The zero-order chi connectivity index (χ0) is 27.1. The van der Waals surface area contributed by atoms with E-state index >= 15 is 0 Å². The van der Waals surface area contributed by atoms with Crippen LogP contribution in [-0.2, 0) is 11.3 Å². The third kappa shape index (κ3) is 7.67. The van der Waals surface area contributed by atoms with E-state index in [4.69, 9.17) is 0 Å². The maximum atomic E-state index is 13.0. The lowest BCUT2D eigenvalue weighted by Gasteiger charge is -2.22. The van der Waals surface area contributed by atoms with Gasteiger partial charge >= 0.3 is 0 Å². The highest BCUT2D eigenvalue weighted by Crippen LogP contribution is 2.28. The van der Waals surface area contributed by atoms with Crippen molar-refractivity contribution in [3.63, 3.8) is 0 Å². The zero-order valence-corrected chi connectivity index (χ0v) is 24.9. The lowest BCUT2D eigenvalue weighted by molar-refractivity contribution is -0.113. The molecule has 0 saturated carbocycles. The van der Waals surface area contributed by atoms with Crippen LogP contribution in [0.25, 0.3) is 0 Å². The Morgan fingerprint density at radius 1 is 1.11 bits per heavy atom. The summed E-state index contributed by atoms with van der Waals surface area (Å²) < 4.78 is 3.04. The predicted octanol–water partition coefficient (Wildman–Crippen LogP) is 6.36. The molecule has 1 aromatic heterocycles. The van der Waals surface area contributed by atoms with Crippen LogP contribution in [0.15, 0.2) is 60.3 Å². The van der Waals surface area contributed by atoms with Gasteiger partial charge in [0, 0.05) is 21.4 Å². The van der Waals surface area contributed by atoms with E-state index in [-0.39, 0.29) is 29.5 Å². The number of aromatic nitrogens is 3. The van der Waals surface area contributed by atoms with Crippen LogP contribution in [-0.4, -0.2) is 32.3 Å². The number of carbonyl (C=O) groups excluding carboxylic acids is 2. The molecule has 0 saturated heterocycles. The number of nitrogens with zero attached hydrogens (tertiary/aromatic N) is 3. The van der Waals surface area contributed by atoms with Gasteiger partial charge < -0.3 is 15.2 Å². The van der Waals surface area contributed by atoms with E-state index in [9.17, 15) is 9.59 Å². The zero-order valence-electron chi connectivity index (χ0n) is 21.9. The molecule has 0 aliphatic rings. The molecule has 196 valence electrons. The van der Waals surface area contributed by atoms with Crippen LogP contribution >= 0.6 is 34.4 Å². The monoisotopic (exact) mass is 631 g/mol. The van der Waals surface area contributed by atoms with E-state index < -0.39 is 0 Å². The summed E-state index contributed by atoms with van der Waals surface area (Å²) in [6.45, 7) is 14.6. The number of carbonyl (C=O) groups is 2. The molecule has 3 rings (SSSR count). The fourth-order valence-corrected chi connectivity index (χ4v) is 5.11. The summed E-state index contributed by atoms with van der Waals surface area (Å²) in [5, 5.41) is 15.5. The first-order chi connectivity index (χ1) is 17.6. The smallest absolute Gasteiger partial charge is 0.251 e. The molecule has 1 heterocycles. The number of nitrogens with one attached hydrogen (secondary N) is 2. The lowest BCUT2D eigenvalue weighted by atomic mass is 10.0. The van der Waals surface area contributed by atoms with Gasteiger partial charge in [-0.25, -0.2) is 0 Å². The van der Waals surface area contributed by atoms with Crippen molar-refractivity contribution < 1.29 is 9.59 Å². The van der Waals surface area contributed by atoms with E-state index in [1.54, 1.807) is 6.08 Å². The highest BCUT2D eigenvalue weighted by atomic mass is 127. The first-order valence-corrected chi connectivity index (χ1v) is 14.3. The van der Waals surface area contributed by atoms with E-state index in [0.29, 0.717) is 29.0 Å². The van der Waals surface area contributed by atoms with Crippen LogP contribution in [0.2, 0.25) is 0 Å². The second kappa shape index (κ2) is 13.2. The third-order valence-corrected chi connectivity index (χ3v) is 7.48. The molecular weight excluding hydrogens is 597 g/mol. The number of halogens is 1. The summed E-state index contributed by atoms with van der Waals surface area (Å²) in [5.74, 6) is 0.895. The van der Waals surface area contributed by atoms with E-state index in [1.165, 1.54) is 11.8 Å². The minimum Gasteiger partial charge on any atom is -0.342 e. The van der Waals surface area contributed by atoms with Crippen LogP contribution in [0.4, 0.5) is 5.69 Å². The number of hydrogen-bond donors (Lipinski definition) is 2. The number of rotatable bonds is 11. The van der Waals surface area contributed by atoms with Gasteiger partial charge in [0.1, 0.15) is 0 Å². The van der Waals surface area contributed by atoms with Crippen molar-refractivity contribution >= 4 is 51.9 Å². The summed E-state index contributed by atoms with van der Waals surface area (Å²) in [4.78, 5) is 25.8. The molecule has 1 atom stereocenters.